The predicted octanol–water partition coefficient (Wildman–Crippen LogP) is 10.5. The van der Waals surface area contributed by atoms with Crippen molar-refractivity contribution in [1.29, 1.82) is 0 Å². The Kier molecular flexibility index (Phi) is 7.70. The predicted molar refractivity (Wildman–Crippen MR) is 149 cm³/mol. The second-order valence-electron chi connectivity index (χ2n) is 13.5. The highest BCUT2D eigenvalue weighted by atomic mass is 32.1. The van der Waals surface area contributed by atoms with E-state index in [-0.39, 0.29) is 0 Å². The molecule has 4 aliphatic rings. The van der Waals surface area contributed by atoms with Gasteiger partial charge in [0, 0.05) is 5.41 Å². The molecular formula is C33H52S. The van der Waals surface area contributed by atoms with Crippen LogP contribution in [0.1, 0.15) is 123 Å². The van der Waals surface area contributed by atoms with Gasteiger partial charge in [-0.2, -0.15) is 11.3 Å². The fourth-order valence-corrected chi connectivity index (χ4v) is 10.4. The Bertz CT molecular complexity index is 796. The first-order chi connectivity index (χ1) is 16.5. The highest BCUT2D eigenvalue weighted by Gasteiger charge is 2.68. The molecule has 4 aliphatic carbocycles. The summed E-state index contributed by atoms with van der Waals surface area (Å²) in [6, 6.07) is 2.50. The van der Waals surface area contributed by atoms with E-state index >= 15 is 0 Å². The van der Waals surface area contributed by atoms with Crippen molar-refractivity contribution >= 4 is 11.3 Å². The Morgan fingerprint density at radius 1 is 0.794 bits per heavy atom. The van der Waals surface area contributed by atoms with E-state index in [1.54, 1.807) is 5.56 Å². The normalized spacial score (nSPS) is 27.2. The molecule has 4 saturated carbocycles. The van der Waals surface area contributed by atoms with Crippen molar-refractivity contribution in [2.75, 3.05) is 0 Å². The monoisotopic (exact) mass is 480 g/mol. The van der Waals surface area contributed by atoms with Crippen LogP contribution in [-0.4, -0.2) is 0 Å². The van der Waals surface area contributed by atoms with Crippen molar-refractivity contribution in [1.82, 2.24) is 0 Å². The van der Waals surface area contributed by atoms with Crippen LogP contribution in [0, 0.1) is 46.3 Å². The summed E-state index contributed by atoms with van der Waals surface area (Å²) >= 11 is 1.93. The first-order valence-corrected chi connectivity index (χ1v) is 16.2. The standard InChI is InChI=1S/C33H52S/c1-24(2)21-31(25(3)4)32(27-17-18-27,22-26-19-20-34-23-26)33(30-15-10-16-30,29-13-8-9-14-29)28-11-6-5-7-12-28/h19-21,23-25,27-30H,5-18,22H2,1-4H3/b31-21+. The summed E-state index contributed by atoms with van der Waals surface area (Å²) in [6.07, 6.45) is 25.2. The molecule has 0 saturated heterocycles. The van der Waals surface area contributed by atoms with Gasteiger partial charge in [-0.25, -0.2) is 0 Å². The summed E-state index contributed by atoms with van der Waals surface area (Å²) in [5, 5.41) is 4.88. The van der Waals surface area contributed by atoms with Crippen LogP contribution in [-0.2, 0) is 6.42 Å². The number of hydrogen-bond acceptors (Lipinski definition) is 1. The molecule has 34 heavy (non-hydrogen) atoms. The summed E-state index contributed by atoms with van der Waals surface area (Å²) in [4.78, 5) is 0. The van der Waals surface area contributed by atoms with Crippen molar-refractivity contribution in [2.24, 2.45) is 46.3 Å². The third-order valence-corrected chi connectivity index (χ3v) is 11.6. The molecule has 5 rings (SSSR count). The number of allylic oxidation sites excluding steroid dienone is 2. The zero-order valence-corrected chi connectivity index (χ0v) is 23.6. The minimum absolute atomic E-state index is 0.384. The zero-order chi connectivity index (χ0) is 23.8. The van der Waals surface area contributed by atoms with Crippen LogP contribution in [0.4, 0.5) is 0 Å². The van der Waals surface area contributed by atoms with E-state index in [1.165, 1.54) is 96.3 Å². The molecule has 0 bridgehead atoms. The van der Waals surface area contributed by atoms with Gasteiger partial charge in [0.15, 0.2) is 0 Å². The number of thiophene rings is 1. The molecule has 1 heterocycles. The highest BCUT2D eigenvalue weighted by molar-refractivity contribution is 7.07. The Morgan fingerprint density at radius 2 is 1.35 bits per heavy atom. The molecule has 190 valence electrons. The summed E-state index contributed by atoms with van der Waals surface area (Å²) in [7, 11) is 0. The van der Waals surface area contributed by atoms with Crippen LogP contribution < -0.4 is 0 Å². The molecule has 4 fully saturated rings. The summed E-state index contributed by atoms with van der Waals surface area (Å²) in [5.41, 5.74) is 4.48. The topological polar surface area (TPSA) is 0 Å². The van der Waals surface area contributed by atoms with E-state index in [1.807, 2.05) is 16.9 Å². The molecule has 0 nitrogen and oxygen atoms in total. The van der Waals surface area contributed by atoms with Crippen LogP contribution in [0.3, 0.4) is 0 Å². The lowest BCUT2D eigenvalue weighted by Crippen LogP contribution is -2.61. The SMILES string of the molecule is CC(C)/C=C(\C(C)C)C(Cc1ccsc1)(C1CC1)C(C1CCCCC1)(C1CCCC1)C1CCC1. The molecule has 0 amide bonds. The van der Waals surface area contributed by atoms with Crippen molar-refractivity contribution in [3.63, 3.8) is 0 Å². The smallest absolute Gasteiger partial charge is 0.00477 e. The molecule has 0 spiro atoms. The Morgan fingerprint density at radius 3 is 1.76 bits per heavy atom. The van der Waals surface area contributed by atoms with Gasteiger partial charge in [0.25, 0.3) is 0 Å². The highest BCUT2D eigenvalue weighted by Crippen LogP contribution is 2.74. The molecule has 2 atom stereocenters. The van der Waals surface area contributed by atoms with Crippen LogP contribution >= 0.6 is 11.3 Å². The fourth-order valence-electron chi connectivity index (χ4n) is 9.71. The molecule has 1 aromatic heterocycles. The van der Waals surface area contributed by atoms with E-state index in [0.717, 1.165) is 23.7 Å². The molecule has 2 unspecified atom stereocenters. The molecule has 0 N–H and O–H groups in total. The van der Waals surface area contributed by atoms with Crippen molar-refractivity contribution in [3.05, 3.63) is 34.0 Å². The average molecular weight is 481 g/mol. The van der Waals surface area contributed by atoms with Crippen LogP contribution in [0.15, 0.2) is 28.5 Å². The molecular weight excluding hydrogens is 428 g/mol. The van der Waals surface area contributed by atoms with Gasteiger partial charge in [-0.15, -0.1) is 0 Å². The van der Waals surface area contributed by atoms with Gasteiger partial charge in [0.1, 0.15) is 0 Å². The summed E-state index contributed by atoms with van der Waals surface area (Å²) in [5.74, 6) is 5.13. The Balaban J connectivity index is 1.79. The first-order valence-electron chi connectivity index (χ1n) is 15.2. The minimum Gasteiger partial charge on any atom is -0.152 e. The second-order valence-corrected chi connectivity index (χ2v) is 14.2. The van der Waals surface area contributed by atoms with Crippen LogP contribution in [0.2, 0.25) is 0 Å². The molecule has 0 aromatic carbocycles. The maximum absolute atomic E-state index is 2.81. The fraction of sp³-hybridized carbons (Fsp3) is 0.818. The summed E-state index contributed by atoms with van der Waals surface area (Å²) < 4.78 is 0. The van der Waals surface area contributed by atoms with Gasteiger partial charge in [-0.05, 0) is 121 Å². The lowest BCUT2D eigenvalue weighted by atomic mass is 9.37. The molecule has 0 aliphatic heterocycles. The molecule has 1 heteroatoms. The third kappa shape index (κ3) is 4.29. The second kappa shape index (κ2) is 10.4. The molecule has 0 radical (unpaired) electrons. The van der Waals surface area contributed by atoms with Crippen molar-refractivity contribution in [3.8, 4) is 0 Å². The van der Waals surface area contributed by atoms with Crippen molar-refractivity contribution < 1.29 is 0 Å². The lowest BCUT2D eigenvalue weighted by Gasteiger charge is -2.66. The maximum Gasteiger partial charge on any atom is 0.00477 e. The quantitative estimate of drug-likeness (QED) is 0.292. The number of rotatable bonds is 10. The lowest BCUT2D eigenvalue weighted by molar-refractivity contribution is -0.151. The van der Waals surface area contributed by atoms with Gasteiger partial charge in [0.05, 0.1) is 0 Å². The Labute approximate surface area is 215 Å². The maximum atomic E-state index is 2.81. The van der Waals surface area contributed by atoms with E-state index < -0.39 is 0 Å². The van der Waals surface area contributed by atoms with E-state index in [2.05, 4.69) is 50.6 Å². The van der Waals surface area contributed by atoms with Gasteiger partial charge in [-0.3, -0.25) is 0 Å². The van der Waals surface area contributed by atoms with E-state index in [9.17, 15) is 0 Å². The van der Waals surface area contributed by atoms with E-state index in [0.29, 0.717) is 22.7 Å². The van der Waals surface area contributed by atoms with Crippen LogP contribution in [0.25, 0.3) is 0 Å². The first kappa shape index (κ1) is 25.1. The van der Waals surface area contributed by atoms with Gasteiger partial charge >= 0.3 is 0 Å². The van der Waals surface area contributed by atoms with Gasteiger partial charge < -0.3 is 0 Å². The van der Waals surface area contributed by atoms with E-state index in [4.69, 9.17) is 0 Å². The van der Waals surface area contributed by atoms with Gasteiger partial charge in [0.2, 0.25) is 0 Å². The Hall–Kier alpha value is -0.560. The summed E-state index contributed by atoms with van der Waals surface area (Å²) in [6.45, 7) is 10.0. The van der Waals surface area contributed by atoms with Gasteiger partial charge in [-0.1, -0.05) is 77.9 Å². The van der Waals surface area contributed by atoms with Crippen molar-refractivity contribution in [2.45, 2.75) is 124 Å². The third-order valence-electron chi connectivity index (χ3n) is 10.9. The van der Waals surface area contributed by atoms with Crippen LogP contribution in [0.5, 0.6) is 0 Å². The average Bonchev–Trinajstić information content (AvgIpc) is 3.26. The molecule has 1 aromatic rings. The minimum atomic E-state index is 0.384. The zero-order valence-electron chi connectivity index (χ0n) is 22.8. The largest absolute Gasteiger partial charge is 0.152 e. The number of hydrogen-bond donors (Lipinski definition) is 0.